The maximum absolute atomic E-state index is 12.9. The van der Waals surface area contributed by atoms with Crippen LogP contribution in [0.5, 0.6) is 0 Å². The van der Waals surface area contributed by atoms with Crippen LogP contribution in [0.1, 0.15) is 58.8 Å². The van der Waals surface area contributed by atoms with Crippen LogP contribution in [-0.4, -0.2) is 76.9 Å². The minimum Gasteiger partial charge on any atom is -0.426 e. The van der Waals surface area contributed by atoms with Gasteiger partial charge in [0.05, 0.1) is 12.0 Å². The number of nitrogens with two attached hydrogens (primary N) is 1. The number of carbonyl (C=O) groups excluding carboxylic acids is 2. The van der Waals surface area contributed by atoms with E-state index >= 15 is 0 Å². The van der Waals surface area contributed by atoms with Gasteiger partial charge in [-0.15, -0.1) is 0 Å². The lowest BCUT2D eigenvalue weighted by Gasteiger charge is -2.29. The number of hydrazine groups is 1. The second kappa shape index (κ2) is 14.7. The first-order valence-corrected chi connectivity index (χ1v) is 11.3. The van der Waals surface area contributed by atoms with E-state index < -0.39 is 30.0 Å². The highest BCUT2D eigenvalue weighted by Crippen LogP contribution is 2.26. The molecule has 1 aliphatic rings. The fourth-order valence-electron chi connectivity index (χ4n) is 3.83. The summed E-state index contributed by atoms with van der Waals surface area (Å²) in [7, 11) is -0.127. The number of carbonyl (C=O) groups is 2. The molecular formula is C19H38BN6O7+. The first-order valence-electron chi connectivity index (χ1n) is 11.3. The van der Waals surface area contributed by atoms with Gasteiger partial charge in [-0.1, -0.05) is 20.3 Å². The molecule has 8 N–H and O–H groups in total. The molecule has 2 amide bonds. The van der Waals surface area contributed by atoms with Crippen molar-refractivity contribution in [3.63, 3.8) is 0 Å². The first-order chi connectivity index (χ1) is 15.5. The molecule has 0 saturated heterocycles. The SMILES string of the molecule is COC1CCCC(C(=O)N[C@@H](CCCN=C(N)N[N+](=O)O)C(=O)N[C@@H](CC(C)C)B(O)O)C1. The predicted molar refractivity (Wildman–Crippen MR) is 121 cm³/mol. The van der Waals surface area contributed by atoms with Gasteiger partial charge < -0.3 is 31.2 Å². The molecule has 1 saturated carbocycles. The molecule has 14 heteroatoms. The Morgan fingerprint density at radius 3 is 2.55 bits per heavy atom. The van der Waals surface area contributed by atoms with Crippen molar-refractivity contribution in [2.45, 2.75) is 76.9 Å². The van der Waals surface area contributed by atoms with Gasteiger partial charge in [0.1, 0.15) is 10.9 Å². The van der Waals surface area contributed by atoms with Crippen LogP contribution in [0.15, 0.2) is 4.99 Å². The predicted octanol–water partition coefficient (Wildman–Crippen LogP) is -1.01. The Balaban J connectivity index is 2.82. The number of hydrogen-bond donors (Lipinski definition) is 7. The van der Waals surface area contributed by atoms with E-state index in [1.54, 1.807) is 7.11 Å². The highest BCUT2D eigenvalue weighted by Gasteiger charge is 2.32. The molecule has 0 bridgehead atoms. The average Bonchev–Trinajstić information content (AvgIpc) is 2.74. The van der Waals surface area contributed by atoms with Gasteiger partial charge >= 0.3 is 12.2 Å². The normalized spacial score (nSPS) is 20.6. The molecule has 0 aromatic rings. The van der Waals surface area contributed by atoms with Crippen LogP contribution in [-0.2, 0) is 14.3 Å². The van der Waals surface area contributed by atoms with E-state index in [9.17, 15) is 24.5 Å². The summed E-state index contributed by atoms with van der Waals surface area (Å²) in [5.74, 6) is -2.14. The fourth-order valence-corrected chi connectivity index (χ4v) is 3.83. The third kappa shape index (κ3) is 11.3. The number of nitrogens with zero attached hydrogens (tertiary/aromatic N) is 2. The lowest BCUT2D eigenvalue weighted by Crippen LogP contribution is -2.55. The molecule has 0 aliphatic heterocycles. The molecule has 0 radical (unpaired) electrons. The number of nitrogens with one attached hydrogen (secondary N) is 3. The van der Waals surface area contributed by atoms with Crippen LogP contribution in [0.25, 0.3) is 0 Å². The van der Waals surface area contributed by atoms with Crippen molar-refractivity contribution >= 4 is 24.9 Å². The zero-order valence-electron chi connectivity index (χ0n) is 19.6. The van der Waals surface area contributed by atoms with Crippen LogP contribution >= 0.6 is 0 Å². The van der Waals surface area contributed by atoms with E-state index in [2.05, 4.69) is 15.6 Å². The Morgan fingerprint density at radius 1 is 1.27 bits per heavy atom. The summed E-state index contributed by atoms with van der Waals surface area (Å²) < 4.78 is 5.38. The molecule has 0 spiro atoms. The summed E-state index contributed by atoms with van der Waals surface area (Å²) in [6.07, 6.45) is 3.88. The summed E-state index contributed by atoms with van der Waals surface area (Å²) in [5.41, 5.74) is 7.26. The topological polar surface area (TPSA) is 199 Å². The second-order valence-corrected chi connectivity index (χ2v) is 8.73. The van der Waals surface area contributed by atoms with E-state index in [-0.39, 0.29) is 42.8 Å². The van der Waals surface area contributed by atoms with Crippen LogP contribution in [0.3, 0.4) is 0 Å². The highest BCUT2D eigenvalue weighted by molar-refractivity contribution is 6.43. The van der Waals surface area contributed by atoms with Gasteiger partial charge in [-0.25, -0.2) is 10.2 Å². The molecule has 13 nitrogen and oxygen atoms in total. The Morgan fingerprint density at radius 2 is 1.97 bits per heavy atom. The van der Waals surface area contributed by atoms with Crippen LogP contribution in [0.2, 0.25) is 0 Å². The van der Waals surface area contributed by atoms with Crippen molar-refractivity contribution in [2.75, 3.05) is 13.7 Å². The van der Waals surface area contributed by atoms with Crippen LogP contribution in [0, 0.1) is 16.7 Å². The van der Waals surface area contributed by atoms with E-state index in [4.69, 9.17) is 15.7 Å². The minimum absolute atomic E-state index is 0.00125. The van der Waals surface area contributed by atoms with Crippen molar-refractivity contribution in [3.05, 3.63) is 4.91 Å². The third-order valence-corrected chi connectivity index (χ3v) is 5.52. The summed E-state index contributed by atoms with van der Waals surface area (Å²) in [6, 6.07) is -0.924. The molecule has 0 heterocycles. The third-order valence-electron chi connectivity index (χ3n) is 5.52. The van der Waals surface area contributed by atoms with Crippen LogP contribution < -0.4 is 21.8 Å². The molecule has 2 unspecified atom stereocenters. The number of methoxy groups -OCH3 is 1. The minimum atomic E-state index is -1.74. The van der Waals surface area contributed by atoms with Gasteiger partial charge in [0.25, 0.3) is 5.96 Å². The fraction of sp³-hybridized carbons (Fsp3) is 0.842. The van der Waals surface area contributed by atoms with E-state index in [1.807, 2.05) is 19.3 Å². The molecule has 4 atom stereocenters. The molecule has 1 aliphatic carbocycles. The molecule has 1 fully saturated rings. The Hall–Kier alpha value is -2.45. The van der Waals surface area contributed by atoms with Gasteiger partial charge in [0.15, 0.2) is 0 Å². The van der Waals surface area contributed by atoms with Crippen LogP contribution in [0.4, 0.5) is 0 Å². The molecular weight excluding hydrogens is 435 g/mol. The van der Waals surface area contributed by atoms with Gasteiger partial charge in [-0.3, -0.25) is 9.59 Å². The standard InChI is InChI=1S/C19H37BN6O7/c1-12(2)10-16(20(29)30)24-18(28)15(8-5-9-22-19(21)25-26(31)32)23-17(27)13-6-4-7-14(11-13)33-3/h12-16,29-30H,4-11H2,1-3H3,(H5-,21,22,23,24,25,27,28,31,32)/p+1/t13?,14?,15-,16-/m0/s1. The summed E-state index contributed by atoms with van der Waals surface area (Å²) in [5, 5.41) is 32.6. The largest absolute Gasteiger partial charge is 0.475 e. The van der Waals surface area contributed by atoms with Gasteiger partial charge in [-0.05, 0) is 49.9 Å². The Bertz CT molecular complexity index is 679. The Kier molecular flexibility index (Phi) is 12.7. The van der Waals surface area contributed by atoms with Crippen molar-refractivity contribution in [1.29, 1.82) is 0 Å². The number of rotatable bonds is 13. The van der Waals surface area contributed by atoms with Crippen molar-refractivity contribution in [2.24, 2.45) is 22.6 Å². The lowest BCUT2D eigenvalue weighted by molar-refractivity contribution is -0.822. The summed E-state index contributed by atoms with van der Waals surface area (Å²) >= 11 is 0. The molecule has 33 heavy (non-hydrogen) atoms. The Labute approximate surface area is 194 Å². The van der Waals surface area contributed by atoms with E-state index in [0.717, 1.165) is 12.8 Å². The maximum atomic E-state index is 12.9. The van der Waals surface area contributed by atoms with Gasteiger partial charge in [0.2, 0.25) is 11.8 Å². The van der Waals surface area contributed by atoms with Crippen molar-refractivity contribution in [1.82, 2.24) is 16.1 Å². The maximum Gasteiger partial charge on any atom is 0.475 e. The number of amides is 2. The summed E-state index contributed by atoms with van der Waals surface area (Å²) in [6.45, 7) is 3.91. The van der Waals surface area contributed by atoms with Gasteiger partial charge in [-0.2, -0.15) is 0 Å². The second-order valence-electron chi connectivity index (χ2n) is 8.73. The lowest BCUT2D eigenvalue weighted by atomic mass is 9.75. The molecule has 0 aromatic carbocycles. The van der Waals surface area contributed by atoms with Crippen molar-refractivity contribution < 1.29 is 34.6 Å². The molecule has 1 rings (SSSR count). The number of guanidine groups is 1. The monoisotopic (exact) mass is 473 g/mol. The number of ether oxygens (including phenoxy) is 1. The molecule has 188 valence electrons. The van der Waals surface area contributed by atoms with Crippen molar-refractivity contribution in [3.8, 4) is 0 Å². The van der Waals surface area contributed by atoms with E-state index in [1.165, 1.54) is 0 Å². The molecule has 0 aromatic heterocycles. The quantitative estimate of drug-likeness (QED) is 0.0576. The number of aliphatic imine (C=N–C) groups is 1. The highest BCUT2D eigenvalue weighted by atomic mass is 16.7. The average molecular weight is 473 g/mol. The van der Waals surface area contributed by atoms with Gasteiger partial charge in [0, 0.05) is 19.6 Å². The van der Waals surface area contributed by atoms with E-state index in [0.29, 0.717) is 25.7 Å². The smallest absolute Gasteiger partial charge is 0.426 e. The number of hydrogen-bond acceptors (Lipinski definition) is 7. The summed E-state index contributed by atoms with van der Waals surface area (Å²) in [4.78, 5) is 40.1. The first kappa shape index (κ1) is 28.6. The zero-order chi connectivity index (χ0) is 25.0. The zero-order valence-corrected chi connectivity index (χ0v) is 19.6.